The summed E-state index contributed by atoms with van der Waals surface area (Å²) in [7, 11) is 0. The third-order valence-electron chi connectivity index (χ3n) is 4.41. The van der Waals surface area contributed by atoms with Gasteiger partial charge < -0.3 is 9.94 Å². The summed E-state index contributed by atoms with van der Waals surface area (Å²) < 4.78 is 26.8. The van der Waals surface area contributed by atoms with Crippen LogP contribution >= 0.6 is 23.1 Å². The zero-order valence-electron chi connectivity index (χ0n) is 15.1. The van der Waals surface area contributed by atoms with Crippen molar-refractivity contribution in [1.29, 1.82) is 0 Å². The second-order valence-corrected chi connectivity index (χ2v) is 9.56. The molecule has 1 atom stereocenters. The van der Waals surface area contributed by atoms with Gasteiger partial charge in [0.15, 0.2) is 23.4 Å². The number of carbonyl (C=O) groups excluding carboxylic acids is 3. The number of benzene rings is 1. The number of aromatic nitrogens is 1. The number of hydrogen-bond acceptors (Lipinski definition) is 9. The lowest BCUT2D eigenvalue weighted by atomic mass is 10.0. The molecule has 1 unspecified atom stereocenters. The first-order valence-electron chi connectivity index (χ1n) is 8.41. The summed E-state index contributed by atoms with van der Waals surface area (Å²) in [4.78, 5) is 49.3. The van der Waals surface area contributed by atoms with Crippen molar-refractivity contribution in [2.75, 3.05) is 0 Å². The van der Waals surface area contributed by atoms with E-state index >= 15 is 0 Å². The number of thiazole rings is 1. The normalized spacial score (nSPS) is 21.2. The van der Waals surface area contributed by atoms with Crippen molar-refractivity contribution in [1.82, 2.24) is 10.0 Å². The van der Waals surface area contributed by atoms with Crippen molar-refractivity contribution in [3.05, 3.63) is 22.7 Å². The molecule has 0 saturated carbocycles. The van der Waals surface area contributed by atoms with Gasteiger partial charge >= 0.3 is 5.97 Å². The van der Waals surface area contributed by atoms with E-state index in [1.54, 1.807) is 13.8 Å². The van der Waals surface area contributed by atoms with Crippen LogP contribution in [-0.2, 0) is 19.2 Å². The van der Waals surface area contributed by atoms with Gasteiger partial charge in [0.05, 0.1) is 10.2 Å². The van der Waals surface area contributed by atoms with Crippen LogP contribution in [0.4, 0.5) is 8.78 Å². The highest BCUT2D eigenvalue weighted by molar-refractivity contribution is 8.16. The van der Waals surface area contributed by atoms with Crippen LogP contribution < -0.4 is 0 Å². The standard InChI is InChI=1S/C17H13F2N3O5S2/c1-17(2)13(16(26)27-22-8(23)3-4-9(22)24)21-15(29-17)14-20-7-5-6(18)11(25)10(19)12(7)28-14/h5,13,25H,3-4H2,1-2H3. The SMILES string of the molecule is CC1(C)SC(c2nc3cc(F)c(O)c(F)c3s2)=NC1C(=O)ON1C(=O)CCC1=O. The number of amides is 2. The Morgan fingerprint density at radius 1 is 1.31 bits per heavy atom. The Morgan fingerprint density at radius 3 is 2.62 bits per heavy atom. The number of hydrogen-bond donors (Lipinski definition) is 1. The maximum Gasteiger partial charge on any atom is 0.358 e. The predicted octanol–water partition coefficient (Wildman–Crippen LogP) is 2.53. The number of fused-ring (bicyclic) bond motifs is 1. The van der Waals surface area contributed by atoms with Gasteiger partial charge in [0.1, 0.15) is 10.1 Å². The topological polar surface area (TPSA) is 109 Å². The molecule has 12 heteroatoms. The maximum atomic E-state index is 14.1. The minimum absolute atomic E-state index is 0.0122. The fraction of sp³-hybridized carbons (Fsp3) is 0.353. The van der Waals surface area contributed by atoms with Crippen molar-refractivity contribution in [2.24, 2.45) is 4.99 Å². The molecule has 152 valence electrons. The summed E-state index contributed by atoms with van der Waals surface area (Å²) in [6.45, 7) is 3.43. The molecule has 1 aromatic carbocycles. The molecule has 1 N–H and O–H groups in total. The molecule has 2 aromatic rings. The second kappa shape index (κ2) is 6.73. The van der Waals surface area contributed by atoms with Gasteiger partial charge in [-0.25, -0.2) is 18.6 Å². The maximum absolute atomic E-state index is 14.1. The second-order valence-electron chi connectivity index (χ2n) is 6.92. The molecule has 3 heterocycles. The van der Waals surface area contributed by atoms with E-state index in [1.165, 1.54) is 11.8 Å². The third kappa shape index (κ3) is 3.25. The van der Waals surface area contributed by atoms with Gasteiger partial charge in [-0.15, -0.1) is 16.4 Å². The van der Waals surface area contributed by atoms with Gasteiger partial charge in [-0.2, -0.15) is 0 Å². The van der Waals surface area contributed by atoms with E-state index in [2.05, 4.69) is 9.98 Å². The molecule has 2 amide bonds. The van der Waals surface area contributed by atoms with Crippen molar-refractivity contribution in [2.45, 2.75) is 37.5 Å². The van der Waals surface area contributed by atoms with Crippen LogP contribution in [0, 0.1) is 11.6 Å². The Labute approximate surface area is 170 Å². The number of rotatable bonds is 3. The monoisotopic (exact) mass is 441 g/mol. The first-order valence-corrected chi connectivity index (χ1v) is 10.0. The van der Waals surface area contributed by atoms with Crippen molar-refractivity contribution in [3.8, 4) is 5.75 Å². The number of thioether (sulfide) groups is 1. The molecule has 1 aromatic heterocycles. The summed E-state index contributed by atoms with van der Waals surface area (Å²) >= 11 is 2.03. The number of halogens is 2. The molecule has 2 aliphatic rings. The average Bonchev–Trinajstić information content (AvgIpc) is 3.30. The van der Waals surface area contributed by atoms with Gasteiger partial charge in [0.25, 0.3) is 11.8 Å². The molecular weight excluding hydrogens is 428 g/mol. The zero-order chi connectivity index (χ0) is 21.1. The number of carbonyl (C=O) groups is 3. The van der Waals surface area contributed by atoms with Crippen LogP contribution in [0.3, 0.4) is 0 Å². The lowest BCUT2D eigenvalue weighted by Gasteiger charge is -2.23. The summed E-state index contributed by atoms with van der Waals surface area (Å²) in [6, 6.07) is -0.138. The number of nitrogens with zero attached hydrogens (tertiary/aromatic N) is 3. The number of phenols is 1. The lowest BCUT2D eigenvalue weighted by Crippen LogP contribution is -2.41. The van der Waals surface area contributed by atoms with Crippen molar-refractivity contribution >= 4 is 56.1 Å². The smallest absolute Gasteiger partial charge is 0.358 e. The van der Waals surface area contributed by atoms with Crippen molar-refractivity contribution < 1.29 is 33.1 Å². The Balaban J connectivity index is 1.65. The van der Waals surface area contributed by atoms with Crippen LogP contribution in [0.1, 0.15) is 31.7 Å². The highest BCUT2D eigenvalue weighted by atomic mass is 32.2. The van der Waals surface area contributed by atoms with Crippen molar-refractivity contribution in [3.63, 3.8) is 0 Å². The van der Waals surface area contributed by atoms with Gasteiger partial charge in [0, 0.05) is 23.7 Å². The third-order valence-corrected chi connectivity index (χ3v) is 6.85. The number of imide groups is 1. The van der Waals surface area contributed by atoms with Crippen LogP contribution in [-0.4, -0.2) is 48.8 Å². The molecule has 4 rings (SSSR count). The average molecular weight is 441 g/mol. The highest BCUT2D eigenvalue weighted by Gasteiger charge is 2.46. The fourth-order valence-electron chi connectivity index (χ4n) is 2.92. The molecule has 0 bridgehead atoms. The Morgan fingerprint density at radius 2 is 1.97 bits per heavy atom. The van der Waals surface area contributed by atoms with Gasteiger partial charge in [-0.3, -0.25) is 14.6 Å². The summed E-state index contributed by atoms with van der Waals surface area (Å²) in [5.74, 6) is -5.41. The molecule has 8 nitrogen and oxygen atoms in total. The summed E-state index contributed by atoms with van der Waals surface area (Å²) in [5, 5.41) is 10.4. The van der Waals surface area contributed by atoms with Crippen LogP contribution in [0.5, 0.6) is 5.75 Å². The number of aliphatic imine (C=N–C) groups is 1. The zero-order valence-corrected chi connectivity index (χ0v) is 16.7. The number of phenolic OH excluding ortho intramolecular Hbond substituents is 1. The molecule has 1 fully saturated rings. The molecule has 29 heavy (non-hydrogen) atoms. The number of hydroxylamine groups is 2. The minimum atomic E-state index is -1.13. The van der Waals surface area contributed by atoms with E-state index in [9.17, 15) is 28.3 Å². The fourth-order valence-corrected chi connectivity index (χ4v) is 5.09. The van der Waals surface area contributed by atoms with E-state index in [-0.39, 0.29) is 28.1 Å². The predicted molar refractivity (Wildman–Crippen MR) is 100 cm³/mol. The lowest BCUT2D eigenvalue weighted by molar-refractivity contribution is -0.198. The van der Waals surface area contributed by atoms with Crippen LogP contribution in [0.2, 0.25) is 0 Å². The molecule has 0 aliphatic carbocycles. The van der Waals surface area contributed by atoms with E-state index in [4.69, 9.17) is 4.84 Å². The van der Waals surface area contributed by atoms with Gasteiger partial charge in [-0.1, -0.05) is 11.8 Å². The van der Waals surface area contributed by atoms with E-state index in [0.29, 0.717) is 10.1 Å². The van der Waals surface area contributed by atoms with E-state index < -0.39 is 46.0 Å². The Kier molecular flexibility index (Phi) is 4.57. The van der Waals surface area contributed by atoms with Gasteiger partial charge in [-0.05, 0) is 13.8 Å². The van der Waals surface area contributed by atoms with Crippen LogP contribution in [0.15, 0.2) is 11.1 Å². The largest absolute Gasteiger partial charge is 0.503 e. The van der Waals surface area contributed by atoms with E-state index in [0.717, 1.165) is 17.4 Å². The Bertz CT molecular complexity index is 1100. The molecule has 0 radical (unpaired) electrons. The first kappa shape index (κ1) is 19.7. The number of aromatic hydroxyl groups is 1. The van der Waals surface area contributed by atoms with E-state index in [1.807, 2.05) is 0 Å². The highest BCUT2D eigenvalue weighted by Crippen LogP contribution is 2.43. The van der Waals surface area contributed by atoms with Crippen LogP contribution in [0.25, 0.3) is 10.2 Å². The first-order chi connectivity index (χ1) is 13.6. The summed E-state index contributed by atoms with van der Waals surface area (Å²) in [5.41, 5.74) is 0.0122. The molecule has 1 saturated heterocycles. The Hall–Kier alpha value is -2.60. The molecular formula is C17H13F2N3O5S2. The minimum Gasteiger partial charge on any atom is -0.503 e. The molecule has 2 aliphatic heterocycles. The van der Waals surface area contributed by atoms with Gasteiger partial charge in [0.2, 0.25) is 0 Å². The quantitative estimate of drug-likeness (QED) is 0.729. The molecule has 0 spiro atoms. The summed E-state index contributed by atoms with van der Waals surface area (Å²) in [6.07, 6.45) is -0.0474.